The molecule has 0 aliphatic rings. The second-order valence-corrected chi connectivity index (χ2v) is 3.48. The second-order valence-electron chi connectivity index (χ2n) is 2.39. The maximum absolute atomic E-state index is 13.2. The van der Waals surface area contributed by atoms with Gasteiger partial charge < -0.3 is 0 Å². The Labute approximate surface area is 72.4 Å². The van der Waals surface area contributed by atoms with Crippen LogP contribution in [-0.2, 0) is 0 Å². The predicted octanol–water partition coefficient (Wildman–Crippen LogP) is 2.85. The summed E-state index contributed by atoms with van der Waals surface area (Å²) in [7, 11) is 0. The highest BCUT2D eigenvalue weighted by Crippen LogP contribution is 2.28. The summed E-state index contributed by atoms with van der Waals surface area (Å²) in [5.74, 6) is -0.398. The molecule has 2 aromatic rings. The molecule has 0 N–H and O–H groups in total. The smallest absolute Gasteiger partial charge is 0.163 e. The van der Waals surface area contributed by atoms with E-state index in [4.69, 9.17) is 0 Å². The number of rotatable bonds is 1. The number of hydrogen-bond donors (Lipinski definition) is 0. The lowest BCUT2D eigenvalue weighted by Gasteiger charge is -1.84. The molecule has 0 aliphatic heterocycles. The SMILES string of the molecule is O=Cc1sc2ccccc2c1F. The van der Waals surface area contributed by atoms with Gasteiger partial charge in [0.15, 0.2) is 12.1 Å². The second kappa shape index (κ2) is 2.68. The molecule has 3 heteroatoms. The van der Waals surface area contributed by atoms with E-state index in [9.17, 15) is 9.18 Å². The lowest BCUT2D eigenvalue weighted by Crippen LogP contribution is -1.76. The summed E-state index contributed by atoms with van der Waals surface area (Å²) in [5, 5.41) is 0.532. The summed E-state index contributed by atoms with van der Waals surface area (Å²) in [6.45, 7) is 0. The number of carbonyl (C=O) groups excluding carboxylic acids is 1. The molecule has 60 valence electrons. The van der Waals surface area contributed by atoms with Crippen LogP contribution < -0.4 is 0 Å². The zero-order valence-corrected chi connectivity index (χ0v) is 6.90. The van der Waals surface area contributed by atoms with Crippen LogP contribution in [0.4, 0.5) is 4.39 Å². The Morgan fingerprint density at radius 3 is 2.75 bits per heavy atom. The average molecular weight is 180 g/mol. The number of aldehydes is 1. The molecular weight excluding hydrogens is 175 g/mol. The van der Waals surface area contributed by atoms with Crippen molar-refractivity contribution in [2.24, 2.45) is 0 Å². The van der Waals surface area contributed by atoms with Gasteiger partial charge in [-0.25, -0.2) is 4.39 Å². The van der Waals surface area contributed by atoms with Crippen LogP contribution in [0.15, 0.2) is 24.3 Å². The lowest BCUT2D eigenvalue weighted by atomic mass is 10.2. The quantitative estimate of drug-likeness (QED) is 0.617. The Morgan fingerprint density at radius 2 is 2.08 bits per heavy atom. The predicted molar refractivity (Wildman–Crippen MR) is 47.2 cm³/mol. The van der Waals surface area contributed by atoms with Crippen molar-refractivity contribution in [2.75, 3.05) is 0 Å². The summed E-state index contributed by atoms with van der Waals surface area (Å²) in [6.07, 6.45) is 0.556. The fraction of sp³-hybridized carbons (Fsp3) is 0. The third-order valence-corrected chi connectivity index (χ3v) is 2.74. The van der Waals surface area contributed by atoms with Gasteiger partial charge in [0.2, 0.25) is 0 Å². The standard InChI is InChI=1S/C9H5FOS/c10-9-6-3-1-2-4-7(6)12-8(9)5-11/h1-5H. The molecule has 0 radical (unpaired) electrons. The van der Waals surface area contributed by atoms with E-state index >= 15 is 0 Å². The van der Waals surface area contributed by atoms with E-state index in [-0.39, 0.29) is 4.88 Å². The Balaban J connectivity index is 2.87. The van der Waals surface area contributed by atoms with E-state index in [2.05, 4.69) is 0 Å². The van der Waals surface area contributed by atoms with Gasteiger partial charge in [0.25, 0.3) is 0 Å². The van der Waals surface area contributed by atoms with Crippen LogP contribution in [0.3, 0.4) is 0 Å². The van der Waals surface area contributed by atoms with Crippen molar-refractivity contribution in [3.8, 4) is 0 Å². The lowest BCUT2D eigenvalue weighted by molar-refractivity contribution is 0.112. The van der Waals surface area contributed by atoms with Crippen molar-refractivity contribution in [3.63, 3.8) is 0 Å². The minimum Gasteiger partial charge on any atom is -0.297 e. The van der Waals surface area contributed by atoms with Crippen LogP contribution in [0.1, 0.15) is 9.67 Å². The minimum atomic E-state index is -0.398. The molecule has 0 atom stereocenters. The molecule has 0 unspecified atom stereocenters. The van der Waals surface area contributed by atoms with Gasteiger partial charge in [-0.05, 0) is 6.07 Å². The molecule has 1 heterocycles. The summed E-state index contributed by atoms with van der Waals surface area (Å²) < 4.78 is 14.0. The Morgan fingerprint density at radius 1 is 1.33 bits per heavy atom. The summed E-state index contributed by atoms with van der Waals surface area (Å²) in [6, 6.07) is 7.06. The molecule has 0 amide bonds. The van der Waals surface area contributed by atoms with Gasteiger partial charge in [-0.15, -0.1) is 11.3 Å². The Kier molecular flexibility index (Phi) is 1.66. The van der Waals surface area contributed by atoms with Crippen LogP contribution >= 0.6 is 11.3 Å². The van der Waals surface area contributed by atoms with Gasteiger partial charge in [0, 0.05) is 10.1 Å². The molecule has 0 spiro atoms. The molecule has 0 saturated heterocycles. The molecule has 1 nitrogen and oxygen atoms in total. The van der Waals surface area contributed by atoms with Gasteiger partial charge in [0.1, 0.15) is 4.88 Å². The van der Waals surface area contributed by atoms with E-state index < -0.39 is 5.82 Å². The number of benzene rings is 1. The first-order valence-corrected chi connectivity index (χ1v) is 4.27. The van der Waals surface area contributed by atoms with Gasteiger partial charge in [0.05, 0.1) is 0 Å². The Hall–Kier alpha value is -1.22. The van der Waals surface area contributed by atoms with Crippen LogP contribution in [0.2, 0.25) is 0 Å². The summed E-state index contributed by atoms with van der Waals surface area (Å²) >= 11 is 1.18. The number of carbonyl (C=O) groups is 1. The number of hydrogen-bond acceptors (Lipinski definition) is 2. The van der Waals surface area contributed by atoms with E-state index in [0.717, 1.165) is 4.70 Å². The minimum absolute atomic E-state index is 0.177. The Bertz CT molecular complexity index is 433. The molecule has 12 heavy (non-hydrogen) atoms. The molecule has 0 bridgehead atoms. The number of thiophene rings is 1. The van der Waals surface area contributed by atoms with Gasteiger partial charge in [-0.3, -0.25) is 4.79 Å². The highest BCUT2D eigenvalue weighted by molar-refractivity contribution is 7.20. The zero-order chi connectivity index (χ0) is 8.55. The van der Waals surface area contributed by atoms with Crippen molar-refractivity contribution < 1.29 is 9.18 Å². The highest BCUT2D eigenvalue weighted by Gasteiger charge is 2.09. The number of fused-ring (bicyclic) bond motifs is 1. The molecule has 0 saturated carbocycles. The highest BCUT2D eigenvalue weighted by atomic mass is 32.1. The monoisotopic (exact) mass is 180 g/mol. The van der Waals surface area contributed by atoms with Crippen molar-refractivity contribution in [2.45, 2.75) is 0 Å². The molecule has 0 aliphatic carbocycles. The molecular formula is C9H5FOS. The fourth-order valence-corrected chi connectivity index (χ4v) is 2.01. The normalized spacial score (nSPS) is 10.4. The molecule has 2 rings (SSSR count). The van der Waals surface area contributed by atoms with E-state index in [1.165, 1.54) is 11.3 Å². The van der Waals surface area contributed by atoms with E-state index in [1.54, 1.807) is 18.2 Å². The van der Waals surface area contributed by atoms with Gasteiger partial charge >= 0.3 is 0 Å². The third-order valence-electron chi connectivity index (χ3n) is 1.67. The largest absolute Gasteiger partial charge is 0.297 e. The summed E-state index contributed by atoms with van der Waals surface area (Å²) in [5.41, 5.74) is 0. The van der Waals surface area contributed by atoms with E-state index in [0.29, 0.717) is 11.7 Å². The van der Waals surface area contributed by atoms with E-state index in [1.807, 2.05) is 6.07 Å². The average Bonchev–Trinajstić information content (AvgIpc) is 2.44. The van der Waals surface area contributed by atoms with Crippen molar-refractivity contribution in [3.05, 3.63) is 35.0 Å². The van der Waals surface area contributed by atoms with Crippen molar-refractivity contribution in [1.82, 2.24) is 0 Å². The van der Waals surface area contributed by atoms with Crippen molar-refractivity contribution in [1.29, 1.82) is 0 Å². The van der Waals surface area contributed by atoms with Crippen LogP contribution in [0.25, 0.3) is 10.1 Å². The first-order chi connectivity index (χ1) is 5.83. The fourth-order valence-electron chi connectivity index (χ4n) is 1.11. The molecule has 0 fully saturated rings. The summed E-state index contributed by atoms with van der Waals surface area (Å²) in [4.78, 5) is 10.5. The molecule has 1 aromatic carbocycles. The zero-order valence-electron chi connectivity index (χ0n) is 6.08. The molecule has 1 aromatic heterocycles. The van der Waals surface area contributed by atoms with Gasteiger partial charge in [-0.2, -0.15) is 0 Å². The third kappa shape index (κ3) is 0.940. The number of halogens is 1. The topological polar surface area (TPSA) is 17.1 Å². The first-order valence-electron chi connectivity index (χ1n) is 3.45. The van der Waals surface area contributed by atoms with Crippen molar-refractivity contribution >= 4 is 27.7 Å². The first kappa shape index (κ1) is 7.43. The van der Waals surface area contributed by atoms with Crippen LogP contribution in [-0.4, -0.2) is 6.29 Å². The van der Waals surface area contributed by atoms with Crippen LogP contribution in [0.5, 0.6) is 0 Å². The maximum atomic E-state index is 13.2. The maximum Gasteiger partial charge on any atom is 0.163 e. The van der Waals surface area contributed by atoms with Gasteiger partial charge in [-0.1, -0.05) is 18.2 Å². The van der Waals surface area contributed by atoms with Crippen LogP contribution in [0, 0.1) is 5.82 Å².